The molecule has 1 aliphatic rings. The minimum Gasteiger partial charge on any atom is -0.497 e. The molecule has 1 fully saturated rings. The Bertz CT molecular complexity index is 947. The number of benzene rings is 1. The molecule has 0 saturated carbocycles. The minimum atomic E-state index is 0.261. The van der Waals surface area contributed by atoms with Crippen LogP contribution >= 0.6 is 22.6 Å². The number of rotatable bonds is 5. The summed E-state index contributed by atoms with van der Waals surface area (Å²) in [6.45, 7) is 4.97. The number of hydrogen-bond donors (Lipinski definition) is 1. The lowest BCUT2D eigenvalue weighted by Crippen LogP contribution is -2.37. The molecular formula is C21H25IN4O2. The number of nitrogens with zero attached hydrogens (tertiary/aromatic N) is 3. The zero-order valence-electron chi connectivity index (χ0n) is 16.4. The zero-order chi connectivity index (χ0) is 19.7. The first kappa shape index (κ1) is 19.4. The summed E-state index contributed by atoms with van der Waals surface area (Å²) in [5, 5.41) is 9.52. The van der Waals surface area contributed by atoms with Crippen LogP contribution in [-0.4, -0.2) is 40.1 Å². The third kappa shape index (κ3) is 4.10. The van der Waals surface area contributed by atoms with E-state index in [1.807, 2.05) is 29.1 Å². The average Bonchev–Trinajstić information content (AvgIpc) is 2.98. The molecule has 28 heavy (non-hydrogen) atoms. The van der Waals surface area contributed by atoms with Crippen LogP contribution in [0.1, 0.15) is 32.3 Å². The third-order valence-electron chi connectivity index (χ3n) is 5.15. The fourth-order valence-corrected chi connectivity index (χ4v) is 4.72. The molecule has 0 bridgehead atoms. The van der Waals surface area contributed by atoms with Gasteiger partial charge in [0.1, 0.15) is 15.3 Å². The number of methoxy groups -OCH3 is 1. The second-order valence-electron chi connectivity index (χ2n) is 7.42. The Morgan fingerprint density at radius 1 is 1.18 bits per heavy atom. The molecule has 3 aromatic rings. The quantitative estimate of drug-likeness (QED) is 0.533. The summed E-state index contributed by atoms with van der Waals surface area (Å²) in [4.78, 5) is 4.63. The smallest absolute Gasteiger partial charge is 0.138 e. The van der Waals surface area contributed by atoms with E-state index < -0.39 is 0 Å². The van der Waals surface area contributed by atoms with Crippen LogP contribution in [0, 0.1) is 3.70 Å². The van der Waals surface area contributed by atoms with Crippen molar-refractivity contribution in [3.05, 3.63) is 45.8 Å². The van der Waals surface area contributed by atoms with E-state index in [2.05, 4.69) is 58.9 Å². The van der Waals surface area contributed by atoms with Crippen LogP contribution in [0.5, 0.6) is 5.75 Å². The zero-order valence-corrected chi connectivity index (χ0v) is 18.5. The van der Waals surface area contributed by atoms with Crippen LogP contribution in [0.4, 0.5) is 5.82 Å². The normalized spacial score (nSPS) is 22.4. The highest BCUT2D eigenvalue weighted by Gasteiger charge is 2.25. The molecular weight excluding hydrogens is 467 g/mol. The number of ether oxygens (including phenoxy) is 2. The summed E-state index contributed by atoms with van der Waals surface area (Å²) >= 11 is 2.30. The molecule has 0 aliphatic carbocycles. The molecule has 4 rings (SSSR count). The summed E-state index contributed by atoms with van der Waals surface area (Å²) in [5.41, 5.74) is 2.27. The molecule has 0 radical (unpaired) electrons. The van der Waals surface area contributed by atoms with E-state index in [1.165, 1.54) is 5.56 Å². The fourth-order valence-electron chi connectivity index (χ4n) is 3.93. The number of pyridine rings is 1. The summed E-state index contributed by atoms with van der Waals surface area (Å²) < 4.78 is 14.1. The molecule has 7 heteroatoms. The van der Waals surface area contributed by atoms with Crippen molar-refractivity contribution in [2.75, 3.05) is 12.4 Å². The topological polar surface area (TPSA) is 61.2 Å². The lowest BCUT2D eigenvalue weighted by atomic mass is 10.00. The molecule has 3 heterocycles. The first-order valence-electron chi connectivity index (χ1n) is 9.59. The van der Waals surface area contributed by atoms with Crippen LogP contribution in [-0.2, 0) is 11.3 Å². The molecule has 1 aromatic carbocycles. The first-order chi connectivity index (χ1) is 13.5. The number of halogens is 1. The van der Waals surface area contributed by atoms with Gasteiger partial charge in [0.25, 0.3) is 0 Å². The van der Waals surface area contributed by atoms with Crippen molar-refractivity contribution in [1.29, 1.82) is 0 Å². The predicted molar refractivity (Wildman–Crippen MR) is 119 cm³/mol. The van der Waals surface area contributed by atoms with Crippen LogP contribution in [0.2, 0.25) is 0 Å². The maximum Gasteiger partial charge on any atom is 0.138 e. The van der Waals surface area contributed by atoms with E-state index in [4.69, 9.17) is 14.6 Å². The van der Waals surface area contributed by atoms with E-state index >= 15 is 0 Å². The molecule has 148 valence electrons. The van der Waals surface area contributed by atoms with E-state index in [-0.39, 0.29) is 12.2 Å². The molecule has 1 saturated heterocycles. The molecule has 0 amide bonds. The average molecular weight is 492 g/mol. The number of nitrogens with one attached hydrogen (secondary N) is 1. The van der Waals surface area contributed by atoms with Crippen molar-refractivity contribution in [2.24, 2.45) is 0 Å². The van der Waals surface area contributed by atoms with Crippen molar-refractivity contribution >= 4 is 39.3 Å². The van der Waals surface area contributed by atoms with Crippen molar-refractivity contribution in [3.8, 4) is 5.75 Å². The van der Waals surface area contributed by atoms with Crippen LogP contribution < -0.4 is 10.1 Å². The number of anilines is 1. The molecule has 3 atom stereocenters. The molecule has 2 aromatic heterocycles. The third-order valence-corrected chi connectivity index (χ3v) is 5.91. The van der Waals surface area contributed by atoms with Gasteiger partial charge in [-0.3, -0.25) is 4.68 Å². The van der Waals surface area contributed by atoms with Gasteiger partial charge < -0.3 is 14.8 Å². The Labute approximate surface area is 178 Å². The summed E-state index contributed by atoms with van der Waals surface area (Å²) in [7, 11) is 1.68. The van der Waals surface area contributed by atoms with Gasteiger partial charge in [-0.2, -0.15) is 5.10 Å². The number of fused-ring (bicyclic) bond motifs is 1. The van der Waals surface area contributed by atoms with E-state index in [0.29, 0.717) is 12.6 Å². The summed E-state index contributed by atoms with van der Waals surface area (Å²) in [6, 6.07) is 10.5. The van der Waals surface area contributed by atoms with Crippen molar-refractivity contribution in [3.63, 3.8) is 0 Å². The van der Waals surface area contributed by atoms with Gasteiger partial charge in [-0.1, -0.05) is 12.1 Å². The van der Waals surface area contributed by atoms with Crippen LogP contribution in [0.25, 0.3) is 10.9 Å². The molecule has 1 aliphatic heterocycles. The lowest BCUT2D eigenvalue weighted by molar-refractivity contribution is -0.0338. The Kier molecular flexibility index (Phi) is 5.73. The van der Waals surface area contributed by atoms with Gasteiger partial charge in [0.05, 0.1) is 36.8 Å². The Morgan fingerprint density at radius 2 is 1.89 bits per heavy atom. The first-order valence-corrected chi connectivity index (χ1v) is 10.7. The predicted octanol–water partition coefficient (Wildman–Crippen LogP) is 4.46. The SMILES string of the molecule is COc1ccc(Cn2nc(I)c3c(NC4C[C@@H](C)O[C@@H](C)C4)nccc32)cc1. The number of aromatic nitrogens is 3. The Balaban J connectivity index is 1.61. The van der Waals surface area contributed by atoms with Crippen molar-refractivity contribution in [2.45, 2.75) is 51.5 Å². The largest absolute Gasteiger partial charge is 0.497 e. The molecule has 0 spiro atoms. The van der Waals surface area contributed by atoms with Gasteiger partial charge >= 0.3 is 0 Å². The van der Waals surface area contributed by atoms with Crippen molar-refractivity contribution in [1.82, 2.24) is 14.8 Å². The Morgan fingerprint density at radius 3 is 2.57 bits per heavy atom. The highest BCUT2D eigenvalue weighted by molar-refractivity contribution is 14.1. The fraction of sp³-hybridized carbons (Fsp3) is 0.429. The minimum absolute atomic E-state index is 0.261. The summed E-state index contributed by atoms with van der Waals surface area (Å²) in [6.07, 6.45) is 4.35. The maximum absolute atomic E-state index is 5.86. The summed E-state index contributed by atoms with van der Waals surface area (Å²) in [5.74, 6) is 1.77. The van der Waals surface area contributed by atoms with E-state index in [0.717, 1.165) is 39.0 Å². The van der Waals surface area contributed by atoms with Gasteiger partial charge in [-0.25, -0.2) is 4.98 Å². The van der Waals surface area contributed by atoms with E-state index in [9.17, 15) is 0 Å². The maximum atomic E-state index is 5.86. The highest BCUT2D eigenvalue weighted by Crippen LogP contribution is 2.30. The number of hydrogen-bond acceptors (Lipinski definition) is 5. The van der Waals surface area contributed by atoms with Gasteiger partial charge in [-0.05, 0) is 73.0 Å². The van der Waals surface area contributed by atoms with Gasteiger partial charge in [0, 0.05) is 12.2 Å². The lowest BCUT2D eigenvalue weighted by Gasteiger charge is -2.32. The molecule has 1 N–H and O–H groups in total. The van der Waals surface area contributed by atoms with Crippen molar-refractivity contribution < 1.29 is 9.47 Å². The van der Waals surface area contributed by atoms with Crippen LogP contribution in [0.15, 0.2) is 36.5 Å². The highest BCUT2D eigenvalue weighted by atomic mass is 127. The standard InChI is InChI=1S/C21H25IN4O2/c1-13-10-16(11-14(2)28-13)24-21-19-18(8-9-23-21)26(25-20(19)22)12-15-4-6-17(27-3)7-5-15/h4-9,13-14,16H,10-12H2,1-3H3,(H,23,24)/t13-,14+,16?. The van der Waals surface area contributed by atoms with E-state index in [1.54, 1.807) is 7.11 Å². The second-order valence-corrected chi connectivity index (χ2v) is 8.44. The molecule has 6 nitrogen and oxygen atoms in total. The molecule has 1 unspecified atom stereocenters. The second kappa shape index (κ2) is 8.24. The Hall–Kier alpha value is -1.87. The van der Waals surface area contributed by atoms with Gasteiger partial charge in [0.2, 0.25) is 0 Å². The monoisotopic (exact) mass is 492 g/mol. The van der Waals surface area contributed by atoms with Gasteiger partial charge in [0.15, 0.2) is 0 Å². The van der Waals surface area contributed by atoms with Gasteiger partial charge in [-0.15, -0.1) is 0 Å². The van der Waals surface area contributed by atoms with Crippen LogP contribution in [0.3, 0.4) is 0 Å².